The van der Waals surface area contributed by atoms with Crippen LogP contribution in [0.1, 0.15) is 12.5 Å². The topological polar surface area (TPSA) is 26.5 Å². The summed E-state index contributed by atoms with van der Waals surface area (Å²) in [6.45, 7) is 2.47. The van der Waals surface area contributed by atoms with Gasteiger partial charge in [0.15, 0.2) is 0 Å². The molecule has 114 valence electrons. The maximum atomic E-state index is 12.7. The molecule has 0 amide bonds. The first-order valence-corrected chi connectivity index (χ1v) is 6.77. The van der Waals surface area contributed by atoms with Crippen LogP contribution in [0.3, 0.4) is 0 Å². The van der Waals surface area contributed by atoms with E-state index in [0.717, 1.165) is 23.6 Å². The number of hydrogen-bond acceptors (Lipinski definition) is 2. The van der Waals surface area contributed by atoms with Crippen molar-refractivity contribution in [3.05, 3.63) is 54.2 Å². The second kappa shape index (κ2) is 5.36. The summed E-state index contributed by atoms with van der Waals surface area (Å²) in [5.74, 6) is 0.745. The standard InChI is InChI=1S/C16H13F3N2O/c1-2-22-14-7-3-11(4-8-14)15-9-13-6-5-12(16(17,18)19)10-21(13)20-15/h3-10H,2H2,1H3. The Labute approximate surface area is 124 Å². The van der Waals surface area contributed by atoms with Crippen LogP contribution in [0, 0.1) is 0 Å². The summed E-state index contributed by atoms with van der Waals surface area (Å²) in [6.07, 6.45) is -3.38. The van der Waals surface area contributed by atoms with Gasteiger partial charge in [-0.2, -0.15) is 18.3 Å². The van der Waals surface area contributed by atoms with Gasteiger partial charge in [0.25, 0.3) is 0 Å². The summed E-state index contributed by atoms with van der Waals surface area (Å²) >= 11 is 0. The first-order chi connectivity index (χ1) is 10.5. The van der Waals surface area contributed by atoms with E-state index in [1.54, 1.807) is 6.07 Å². The van der Waals surface area contributed by atoms with Gasteiger partial charge in [0.2, 0.25) is 0 Å². The Kier molecular flexibility index (Phi) is 3.52. The van der Waals surface area contributed by atoms with Crippen molar-refractivity contribution >= 4 is 5.52 Å². The first-order valence-electron chi connectivity index (χ1n) is 6.77. The number of halogens is 3. The van der Waals surface area contributed by atoms with Crippen LogP contribution in [-0.2, 0) is 6.18 Å². The quantitative estimate of drug-likeness (QED) is 0.716. The van der Waals surface area contributed by atoms with E-state index in [4.69, 9.17) is 4.74 Å². The van der Waals surface area contributed by atoms with Crippen LogP contribution < -0.4 is 4.74 Å². The van der Waals surface area contributed by atoms with E-state index in [9.17, 15) is 13.2 Å². The number of pyridine rings is 1. The molecule has 0 aliphatic rings. The Morgan fingerprint density at radius 2 is 1.82 bits per heavy atom. The van der Waals surface area contributed by atoms with E-state index < -0.39 is 11.7 Å². The molecular formula is C16H13F3N2O. The predicted octanol–water partition coefficient (Wildman–Crippen LogP) is 4.42. The van der Waals surface area contributed by atoms with Gasteiger partial charge in [-0.3, -0.25) is 0 Å². The molecule has 3 rings (SSSR count). The monoisotopic (exact) mass is 306 g/mol. The molecule has 0 saturated heterocycles. The van der Waals surface area contributed by atoms with Crippen LogP contribution in [0.15, 0.2) is 48.7 Å². The lowest BCUT2D eigenvalue weighted by atomic mass is 10.1. The van der Waals surface area contributed by atoms with Crippen molar-refractivity contribution in [2.24, 2.45) is 0 Å². The molecule has 6 heteroatoms. The summed E-state index contributed by atoms with van der Waals surface area (Å²) in [7, 11) is 0. The van der Waals surface area contributed by atoms with E-state index in [1.165, 1.54) is 10.6 Å². The Morgan fingerprint density at radius 1 is 1.09 bits per heavy atom. The van der Waals surface area contributed by atoms with E-state index in [0.29, 0.717) is 17.8 Å². The van der Waals surface area contributed by atoms with Gasteiger partial charge in [0.1, 0.15) is 5.75 Å². The summed E-state index contributed by atoms with van der Waals surface area (Å²) in [5, 5.41) is 4.21. The zero-order valence-corrected chi connectivity index (χ0v) is 11.8. The normalized spacial score (nSPS) is 11.8. The maximum Gasteiger partial charge on any atom is 0.417 e. The molecule has 0 aliphatic carbocycles. The molecule has 3 aromatic rings. The summed E-state index contributed by atoms with van der Waals surface area (Å²) in [5.41, 5.74) is 1.32. The fourth-order valence-corrected chi connectivity index (χ4v) is 2.18. The Hall–Kier alpha value is -2.50. The van der Waals surface area contributed by atoms with Gasteiger partial charge >= 0.3 is 6.18 Å². The molecule has 3 nitrogen and oxygen atoms in total. The number of alkyl halides is 3. The molecule has 0 unspecified atom stereocenters. The summed E-state index contributed by atoms with van der Waals surface area (Å²) < 4.78 is 44.7. The van der Waals surface area contributed by atoms with E-state index in [1.807, 2.05) is 31.2 Å². The number of hydrogen-bond donors (Lipinski definition) is 0. The molecule has 0 aliphatic heterocycles. The van der Waals surface area contributed by atoms with Crippen LogP contribution in [0.4, 0.5) is 13.2 Å². The number of rotatable bonds is 3. The van der Waals surface area contributed by atoms with Crippen LogP contribution in [0.25, 0.3) is 16.8 Å². The van der Waals surface area contributed by atoms with Crippen molar-refractivity contribution < 1.29 is 17.9 Å². The van der Waals surface area contributed by atoms with Crippen molar-refractivity contribution in [2.75, 3.05) is 6.61 Å². The zero-order valence-electron chi connectivity index (χ0n) is 11.8. The number of ether oxygens (including phenoxy) is 1. The molecule has 0 bridgehead atoms. The maximum absolute atomic E-state index is 12.7. The summed E-state index contributed by atoms with van der Waals surface area (Å²) in [6, 6.07) is 11.5. The zero-order chi connectivity index (χ0) is 15.7. The minimum Gasteiger partial charge on any atom is -0.494 e. The average molecular weight is 306 g/mol. The van der Waals surface area contributed by atoms with Crippen molar-refractivity contribution in [2.45, 2.75) is 13.1 Å². The van der Waals surface area contributed by atoms with Crippen LogP contribution in [0.5, 0.6) is 5.75 Å². The molecular weight excluding hydrogens is 293 g/mol. The van der Waals surface area contributed by atoms with Gasteiger partial charge in [-0.15, -0.1) is 0 Å². The smallest absolute Gasteiger partial charge is 0.417 e. The van der Waals surface area contributed by atoms with Crippen molar-refractivity contribution in [1.29, 1.82) is 0 Å². The minimum absolute atomic E-state index is 0.577. The van der Waals surface area contributed by atoms with Crippen molar-refractivity contribution in [3.63, 3.8) is 0 Å². The van der Waals surface area contributed by atoms with E-state index >= 15 is 0 Å². The molecule has 1 aromatic carbocycles. The van der Waals surface area contributed by atoms with Gasteiger partial charge in [-0.1, -0.05) is 0 Å². The Morgan fingerprint density at radius 3 is 2.45 bits per heavy atom. The molecule has 0 radical (unpaired) electrons. The van der Waals surface area contributed by atoms with Crippen LogP contribution >= 0.6 is 0 Å². The third-order valence-electron chi connectivity index (χ3n) is 3.25. The molecule has 0 saturated carbocycles. The van der Waals surface area contributed by atoms with E-state index in [-0.39, 0.29) is 0 Å². The highest BCUT2D eigenvalue weighted by molar-refractivity contribution is 5.66. The van der Waals surface area contributed by atoms with Crippen LogP contribution in [-0.4, -0.2) is 16.2 Å². The van der Waals surface area contributed by atoms with Gasteiger partial charge in [0, 0.05) is 11.8 Å². The summed E-state index contributed by atoms with van der Waals surface area (Å²) in [4.78, 5) is 0. The SMILES string of the molecule is CCOc1ccc(-c2cc3ccc(C(F)(F)F)cn3n2)cc1. The van der Waals surface area contributed by atoms with Crippen molar-refractivity contribution in [3.8, 4) is 17.0 Å². The third kappa shape index (κ3) is 2.77. The Bertz CT molecular complexity index is 791. The second-order valence-corrected chi connectivity index (χ2v) is 4.77. The molecule has 0 fully saturated rings. The largest absolute Gasteiger partial charge is 0.494 e. The third-order valence-corrected chi connectivity index (χ3v) is 3.25. The highest BCUT2D eigenvalue weighted by atomic mass is 19.4. The fraction of sp³-hybridized carbons (Fsp3) is 0.188. The molecule has 2 heterocycles. The Balaban J connectivity index is 1.97. The predicted molar refractivity (Wildman–Crippen MR) is 76.8 cm³/mol. The lowest BCUT2D eigenvalue weighted by Gasteiger charge is -2.05. The highest BCUT2D eigenvalue weighted by Gasteiger charge is 2.30. The van der Waals surface area contributed by atoms with Gasteiger partial charge in [-0.05, 0) is 49.4 Å². The fourth-order valence-electron chi connectivity index (χ4n) is 2.18. The van der Waals surface area contributed by atoms with Gasteiger partial charge in [-0.25, -0.2) is 4.52 Å². The first kappa shape index (κ1) is 14.4. The second-order valence-electron chi connectivity index (χ2n) is 4.77. The molecule has 0 atom stereocenters. The molecule has 2 aromatic heterocycles. The minimum atomic E-state index is -4.38. The molecule has 0 N–H and O–H groups in total. The van der Waals surface area contributed by atoms with Crippen molar-refractivity contribution in [1.82, 2.24) is 9.61 Å². The van der Waals surface area contributed by atoms with Gasteiger partial charge < -0.3 is 4.74 Å². The number of nitrogens with zero attached hydrogens (tertiary/aromatic N) is 2. The molecule has 0 spiro atoms. The van der Waals surface area contributed by atoms with Gasteiger partial charge in [0.05, 0.1) is 23.4 Å². The average Bonchev–Trinajstić information content (AvgIpc) is 2.90. The molecule has 22 heavy (non-hydrogen) atoms. The number of aromatic nitrogens is 2. The number of benzene rings is 1. The lowest BCUT2D eigenvalue weighted by Crippen LogP contribution is -2.06. The van der Waals surface area contributed by atoms with E-state index in [2.05, 4.69) is 5.10 Å². The number of fused-ring (bicyclic) bond motifs is 1. The lowest BCUT2D eigenvalue weighted by molar-refractivity contribution is -0.137. The van der Waals surface area contributed by atoms with Crippen LogP contribution in [0.2, 0.25) is 0 Å². The highest BCUT2D eigenvalue weighted by Crippen LogP contribution is 2.30.